The van der Waals surface area contributed by atoms with Crippen LogP contribution in [0.3, 0.4) is 0 Å². The Balaban J connectivity index is 2.98. The van der Waals surface area contributed by atoms with Crippen LogP contribution in [0.25, 0.3) is 0 Å². The zero-order valence-electron chi connectivity index (χ0n) is 5.03. The monoisotopic (exact) mass is 154 g/mol. The zero-order chi connectivity index (χ0) is 6.69. The lowest BCUT2D eigenvalue weighted by atomic mass is 10.5. The van der Waals surface area contributed by atoms with E-state index in [2.05, 4.69) is 9.97 Å². The van der Waals surface area contributed by atoms with Crippen molar-refractivity contribution in [3.05, 3.63) is 24.3 Å². The molecule has 0 amide bonds. The van der Waals surface area contributed by atoms with Crippen molar-refractivity contribution < 1.29 is 0 Å². The van der Waals surface area contributed by atoms with Crippen LogP contribution in [-0.4, -0.2) is 24.7 Å². The van der Waals surface area contributed by atoms with Gasteiger partial charge in [-0.1, -0.05) is 12.2 Å². The van der Waals surface area contributed by atoms with E-state index >= 15 is 0 Å². The van der Waals surface area contributed by atoms with Gasteiger partial charge >= 0.3 is 0 Å². The Labute approximate surface area is 61.8 Å². The average molecular weight is 154 g/mol. The fourth-order valence-electron chi connectivity index (χ4n) is 0.481. The number of hydrogen-bond acceptors (Lipinski definition) is 3. The molecule has 0 bridgehead atoms. The molecule has 1 rings (SSSR count). The maximum atomic E-state index is 4.92. The third kappa shape index (κ3) is 1.65. The first kappa shape index (κ1) is 6.51. The Kier molecular flexibility index (Phi) is 2.02. The summed E-state index contributed by atoms with van der Waals surface area (Å²) in [5.41, 5.74) is 0.846. The van der Waals surface area contributed by atoms with E-state index in [-0.39, 0.29) is 0 Å². The molecule has 0 aromatic carbocycles. The lowest BCUT2D eigenvalue weighted by molar-refractivity contribution is 1.19. The smallest absolute Gasteiger partial charge is 0.0899 e. The van der Waals surface area contributed by atoms with Crippen LogP contribution < -0.4 is 0 Å². The highest BCUT2D eigenvalue weighted by Crippen LogP contribution is 1.88. The molecule has 9 heavy (non-hydrogen) atoms. The van der Waals surface area contributed by atoms with Gasteiger partial charge in [0.2, 0.25) is 0 Å². The summed E-state index contributed by atoms with van der Waals surface area (Å²) in [5, 5.41) is 0. The minimum Gasteiger partial charge on any atom is -0.261 e. The maximum absolute atomic E-state index is 4.92. The summed E-state index contributed by atoms with van der Waals surface area (Å²) in [6.07, 6.45) is 4.98. The molecule has 46 valence electrons. The van der Waals surface area contributed by atoms with Gasteiger partial charge in [-0.2, -0.15) is 0 Å². The molecule has 4 heteroatoms. The van der Waals surface area contributed by atoms with Crippen LogP contribution in [0.1, 0.15) is 5.69 Å². The van der Waals surface area contributed by atoms with Crippen LogP contribution in [-0.2, 0) is 0 Å². The molecule has 1 heterocycles. The molecule has 0 radical (unpaired) electrons. The Morgan fingerprint density at radius 1 is 1.56 bits per heavy atom. The summed E-state index contributed by atoms with van der Waals surface area (Å²) >= 11 is 4.92. The van der Waals surface area contributed by atoms with Crippen LogP contribution in [0, 0.1) is 0 Å². The van der Waals surface area contributed by atoms with E-state index < -0.39 is 0 Å². The van der Waals surface area contributed by atoms with Gasteiger partial charge in [0.05, 0.1) is 22.1 Å². The van der Waals surface area contributed by atoms with Crippen molar-refractivity contribution in [2.75, 3.05) is 0 Å². The predicted octanol–water partition coefficient (Wildman–Crippen LogP) is -0.483. The highest BCUT2D eigenvalue weighted by Gasteiger charge is 1.91. The van der Waals surface area contributed by atoms with Gasteiger partial charge < -0.3 is 0 Å². The molecule has 0 saturated heterocycles. The topological polar surface area (TPSA) is 25.8 Å². The average Bonchev–Trinajstić information content (AvgIpc) is 1.90. The van der Waals surface area contributed by atoms with Crippen molar-refractivity contribution in [2.24, 2.45) is 0 Å². The minimum absolute atomic E-state index is 0.846. The Hall–Kier alpha value is -0.613. The number of thiocarbonyl (C=S) groups is 1. The SMILES string of the molecule is [SiH3]C(=S)c1cnccn1. The lowest BCUT2D eigenvalue weighted by Gasteiger charge is -1.90. The van der Waals surface area contributed by atoms with Crippen molar-refractivity contribution in [1.82, 2.24) is 9.97 Å². The molecule has 2 nitrogen and oxygen atoms in total. The molecule has 0 N–H and O–H groups in total. The van der Waals surface area contributed by atoms with E-state index in [1.165, 1.54) is 0 Å². The fraction of sp³-hybridized carbons (Fsp3) is 0. The molecule has 1 aromatic rings. The summed E-state index contributed by atoms with van der Waals surface area (Å²) in [4.78, 5) is 7.89. The third-order valence-electron chi connectivity index (χ3n) is 0.924. The van der Waals surface area contributed by atoms with E-state index in [0.717, 1.165) is 20.4 Å². The summed E-state index contributed by atoms with van der Waals surface area (Å²) in [5.74, 6) is 0. The molecule has 0 atom stereocenters. The summed E-state index contributed by atoms with van der Waals surface area (Å²) < 4.78 is 0.920. The zero-order valence-corrected chi connectivity index (χ0v) is 7.85. The number of nitrogens with zero attached hydrogens (tertiary/aromatic N) is 2. The number of rotatable bonds is 1. The summed E-state index contributed by atoms with van der Waals surface area (Å²) in [7, 11) is 0.885. The van der Waals surface area contributed by atoms with Crippen LogP contribution in [0.2, 0.25) is 0 Å². The Morgan fingerprint density at radius 2 is 2.33 bits per heavy atom. The number of hydrogen-bond donors (Lipinski definition) is 0. The van der Waals surface area contributed by atoms with E-state index in [1.807, 2.05) is 0 Å². The van der Waals surface area contributed by atoms with Crippen molar-refractivity contribution in [3.63, 3.8) is 0 Å². The van der Waals surface area contributed by atoms with Gasteiger partial charge in [-0.05, 0) is 0 Å². The van der Waals surface area contributed by atoms with Gasteiger partial charge in [-0.15, -0.1) is 0 Å². The Morgan fingerprint density at radius 3 is 2.67 bits per heavy atom. The molecule has 1 aromatic heterocycles. The summed E-state index contributed by atoms with van der Waals surface area (Å²) in [6, 6.07) is 0. The molecular weight excluding hydrogens is 148 g/mol. The maximum Gasteiger partial charge on any atom is 0.0899 e. The second-order valence-electron chi connectivity index (χ2n) is 1.65. The third-order valence-corrected chi connectivity index (χ3v) is 1.65. The first-order valence-electron chi connectivity index (χ1n) is 2.57. The lowest BCUT2D eigenvalue weighted by Crippen LogP contribution is -1.98. The van der Waals surface area contributed by atoms with E-state index in [1.54, 1.807) is 18.6 Å². The normalized spacial score (nSPS) is 9.33. The Bertz CT molecular complexity index is 211. The van der Waals surface area contributed by atoms with Gasteiger partial charge in [-0.3, -0.25) is 9.97 Å². The van der Waals surface area contributed by atoms with Crippen LogP contribution >= 0.6 is 12.2 Å². The molecule has 0 aliphatic heterocycles. The highest BCUT2D eigenvalue weighted by molar-refractivity contribution is 7.83. The molecule has 0 aliphatic carbocycles. The summed E-state index contributed by atoms with van der Waals surface area (Å²) in [6.45, 7) is 0. The van der Waals surface area contributed by atoms with E-state index in [4.69, 9.17) is 12.2 Å². The molecule has 0 fully saturated rings. The first-order valence-corrected chi connectivity index (χ1v) is 3.98. The predicted molar refractivity (Wildman–Crippen MR) is 43.7 cm³/mol. The van der Waals surface area contributed by atoms with Gasteiger partial charge in [0, 0.05) is 16.9 Å². The quantitative estimate of drug-likeness (QED) is 0.403. The highest BCUT2D eigenvalue weighted by atomic mass is 32.1. The largest absolute Gasteiger partial charge is 0.261 e. The van der Waals surface area contributed by atoms with Gasteiger partial charge in [0.1, 0.15) is 0 Å². The molecule has 0 saturated carbocycles. The van der Waals surface area contributed by atoms with Crippen molar-refractivity contribution >= 4 is 26.9 Å². The molecule has 0 spiro atoms. The van der Waals surface area contributed by atoms with E-state index in [0.29, 0.717) is 0 Å². The van der Waals surface area contributed by atoms with E-state index in [9.17, 15) is 0 Å². The van der Waals surface area contributed by atoms with Gasteiger partial charge in [-0.25, -0.2) is 0 Å². The molecule has 0 unspecified atom stereocenters. The van der Waals surface area contributed by atoms with Crippen molar-refractivity contribution in [3.8, 4) is 0 Å². The standard InChI is InChI=1S/C5H6N2SSi/c8-5(9)4-3-6-1-2-7-4/h1-3H,9H3. The molecule has 0 aliphatic rings. The van der Waals surface area contributed by atoms with Crippen LogP contribution in [0.5, 0.6) is 0 Å². The number of aromatic nitrogens is 2. The van der Waals surface area contributed by atoms with Crippen LogP contribution in [0.4, 0.5) is 0 Å². The fourth-order valence-corrected chi connectivity index (χ4v) is 0.845. The second kappa shape index (κ2) is 2.79. The van der Waals surface area contributed by atoms with Gasteiger partial charge in [0.15, 0.2) is 0 Å². The second-order valence-corrected chi connectivity index (χ2v) is 3.98. The van der Waals surface area contributed by atoms with Gasteiger partial charge in [0.25, 0.3) is 0 Å². The van der Waals surface area contributed by atoms with Crippen molar-refractivity contribution in [2.45, 2.75) is 0 Å². The first-order chi connectivity index (χ1) is 4.30. The minimum atomic E-state index is 0.846. The van der Waals surface area contributed by atoms with Crippen LogP contribution in [0.15, 0.2) is 18.6 Å². The van der Waals surface area contributed by atoms with Crippen molar-refractivity contribution in [1.29, 1.82) is 0 Å². The molecular formula is C5H6N2SSi.